The van der Waals surface area contributed by atoms with Gasteiger partial charge in [0.05, 0.1) is 6.61 Å². The summed E-state index contributed by atoms with van der Waals surface area (Å²) in [5, 5.41) is 3.43. The zero-order chi connectivity index (χ0) is 15.1. The summed E-state index contributed by atoms with van der Waals surface area (Å²) in [7, 11) is 0. The first kappa shape index (κ1) is 16.0. The van der Waals surface area contributed by atoms with Gasteiger partial charge in [-0.3, -0.25) is 4.98 Å². The van der Waals surface area contributed by atoms with Gasteiger partial charge in [-0.05, 0) is 44.6 Å². The van der Waals surface area contributed by atoms with Crippen molar-refractivity contribution in [1.82, 2.24) is 10.3 Å². The zero-order valence-corrected chi connectivity index (χ0v) is 13.6. The summed E-state index contributed by atoms with van der Waals surface area (Å²) in [6.45, 7) is 9.17. The van der Waals surface area contributed by atoms with Gasteiger partial charge in [0.2, 0.25) is 0 Å². The van der Waals surface area contributed by atoms with Crippen LogP contribution < -0.4 is 10.1 Å². The van der Waals surface area contributed by atoms with Crippen LogP contribution in [0.5, 0.6) is 5.75 Å². The average Bonchev–Trinajstić information content (AvgIpc) is 2.48. The Hall–Kier alpha value is -1.35. The highest BCUT2D eigenvalue weighted by atomic mass is 16.5. The lowest BCUT2D eigenvalue weighted by molar-refractivity contribution is 0.196. The second kappa shape index (κ2) is 8.18. The van der Waals surface area contributed by atoms with Crippen LogP contribution in [-0.2, 0) is 6.54 Å². The van der Waals surface area contributed by atoms with Gasteiger partial charge in [0.1, 0.15) is 5.75 Å². The van der Waals surface area contributed by atoms with E-state index in [0.29, 0.717) is 11.8 Å². The van der Waals surface area contributed by atoms with Gasteiger partial charge in [0, 0.05) is 30.1 Å². The first-order valence-corrected chi connectivity index (χ1v) is 8.14. The summed E-state index contributed by atoms with van der Waals surface area (Å²) >= 11 is 0. The molecule has 116 valence electrons. The number of ether oxygens (including phenoxy) is 1. The molecule has 0 radical (unpaired) electrons. The minimum absolute atomic E-state index is 0.625. The van der Waals surface area contributed by atoms with Crippen LogP contribution in [0.4, 0.5) is 0 Å². The monoisotopic (exact) mass is 288 g/mol. The Morgan fingerprint density at radius 3 is 2.90 bits per heavy atom. The molecule has 1 aromatic heterocycles. The molecule has 2 rings (SSSR count). The number of hydrogen-bond donors (Lipinski definition) is 1. The summed E-state index contributed by atoms with van der Waals surface area (Å²) in [4.78, 5) is 4.40. The van der Waals surface area contributed by atoms with Gasteiger partial charge in [-0.25, -0.2) is 0 Å². The standard InChI is InChI=1S/C18H28N2O/c1-4-9-19-11-17-12-20-15(3)10-18(17)21-13-16-8-6-5-7-14(16)2/h5-6,10,12,14,16,19H,4,7-9,11,13H2,1-3H3. The summed E-state index contributed by atoms with van der Waals surface area (Å²) < 4.78 is 6.14. The molecule has 1 heterocycles. The van der Waals surface area contributed by atoms with Crippen LogP contribution in [0.1, 0.15) is 44.4 Å². The highest BCUT2D eigenvalue weighted by Crippen LogP contribution is 2.27. The third-order valence-electron chi connectivity index (χ3n) is 4.19. The second-order valence-electron chi connectivity index (χ2n) is 6.10. The molecular weight excluding hydrogens is 260 g/mol. The van der Waals surface area contributed by atoms with Crippen molar-refractivity contribution < 1.29 is 4.74 Å². The van der Waals surface area contributed by atoms with E-state index in [1.807, 2.05) is 13.1 Å². The summed E-state index contributed by atoms with van der Waals surface area (Å²) in [6, 6.07) is 2.06. The van der Waals surface area contributed by atoms with Crippen molar-refractivity contribution in [2.45, 2.75) is 46.6 Å². The molecule has 1 N–H and O–H groups in total. The Morgan fingerprint density at radius 2 is 2.14 bits per heavy atom. The number of aromatic nitrogens is 1. The van der Waals surface area contributed by atoms with Gasteiger partial charge in [-0.2, -0.15) is 0 Å². The van der Waals surface area contributed by atoms with Crippen molar-refractivity contribution >= 4 is 0 Å². The molecule has 2 atom stereocenters. The maximum absolute atomic E-state index is 6.14. The van der Waals surface area contributed by atoms with E-state index in [9.17, 15) is 0 Å². The number of aryl methyl sites for hydroxylation is 1. The van der Waals surface area contributed by atoms with Crippen molar-refractivity contribution in [2.24, 2.45) is 11.8 Å². The number of nitrogens with zero attached hydrogens (tertiary/aromatic N) is 1. The lowest BCUT2D eigenvalue weighted by atomic mass is 9.85. The van der Waals surface area contributed by atoms with Crippen LogP contribution in [0.15, 0.2) is 24.4 Å². The predicted molar refractivity (Wildman–Crippen MR) is 87.5 cm³/mol. The maximum atomic E-state index is 6.14. The molecule has 0 aromatic carbocycles. The zero-order valence-electron chi connectivity index (χ0n) is 13.6. The molecule has 1 aliphatic rings. The summed E-state index contributed by atoms with van der Waals surface area (Å²) in [5.41, 5.74) is 2.17. The topological polar surface area (TPSA) is 34.2 Å². The first-order chi connectivity index (χ1) is 10.2. The van der Waals surface area contributed by atoms with Gasteiger partial charge in [0.25, 0.3) is 0 Å². The molecule has 0 aliphatic heterocycles. The van der Waals surface area contributed by atoms with Crippen LogP contribution in [0.25, 0.3) is 0 Å². The Labute approximate surface area is 128 Å². The number of rotatable bonds is 7. The lowest BCUT2D eigenvalue weighted by Gasteiger charge is -2.25. The molecule has 0 bridgehead atoms. The Morgan fingerprint density at radius 1 is 1.33 bits per heavy atom. The quantitative estimate of drug-likeness (QED) is 0.611. The lowest BCUT2D eigenvalue weighted by Crippen LogP contribution is -2.22. The third kappa shape index (κ3) is 4.85. The molecule has 0 amide bonds. The molecule has 1 aromatic rings. The predicted octanol–water partition coefficient (Wildman–Crippen LogP) is 3.87. The number of nitrogens with one attached hydrogen (secondary N) is 1. The number of allylic oxidation sites excluding steroid dienone is 2. The van der Waals surface area contributed by atoms with E-state index >= 15 is 0 Å². The summed E-state index contributed by atoms with van der Waals surface area (Å²) in [5.74, 6) is 2.33. The molecule has 3 heteroatoms. The molecular formula is C18H28N2O. The molecule has 1 aliphatic carbocycles. The Kier molecular flexibility index (Phi) is 6.24. The Balaban J connectivity index is 1.97. The fraction of sp³-hybridized carbons (Fsp3) is 0.611. The molecule has 3 nitrogen and oxygen atoms in total. The number of pyridine rings is 1. The average molecular weight is 288 g/mol. The molecule has 21 heavy (non-hydrogen) atoms. The van der Waals surface area contributed by atoms with E-state index in [1.165, 1.54) is 6.42 Å². The molecule has 0 fully saturated rings. The van der Waals surface area contributed by atoms with Crippen molar-refractivity contribution in [2.75, 3.05) is 13.2 Å². The maximum Gasteiger partial charge on any atom is 0.127 e. The smallest absolute Gasteiger partial charge is 0.127 e. The van der Waals surface area contributed by atoms with Gasteiger partial charge in [-0.1, -0.05) is 26.0 Å². The minimum Gasteiger partial charge on any atom is -0.493 e. The van der Waals surface area contributed by atoms with E-state index in [4.69, 9.17) is 4.74 Å². The van der Waals surface area contributed by atoms with Crippen LogP contribution in [0, 0.1) is 18.8 Å². The van der Waals surface area contributed by atoms with E-state index < -0.39 is 0 Å². The van der Waals surface area contributed by atoms with E-state index in [0.717, 1.165) is 49.5 Å². The third-order valence-corrected chi connectivity index (χ3v) is 4.19. The van der Waals surface area contributed by atoms with E-state index in [1.54, 1.807) is 0 Å². The fourth-order valence-corrected chi connectivity index (χ4v) is 2.67. The van der Waals surface area contributed by atoms with Crippen molar-refractivity contribution in [1.29, 1.82) is 0 Å². The fourth-order valence-electron chi connectivity index (χ4n) is 2.67. The van der Waals surface area contributed by atoms with Gasteiger partial charge < -0.3 is 10.1 Å². The minimum atomic E-state index is 0.625. The van der Waals surface area contributed by atoms with Crippen LogP contribution in [-0.4, -0.2) is 18.1 Å². The SMILES string of the molecule is CCCNCc1cnc(C)cc1OCC1CC=CCC1C. The molecule has 0 saturated carbocycles. The number of hydrogen-bond acceptors (Lipinski definition) is 3. The van der Waals surface area contributed by atoms with E-state index in [-0.39, 0.29) is 0 Å². The molecule has 2 unspecified atom stereocenters. The van der Waals surface area contributed by atoms with Gasteiger partial charge in [-0.15, -0.1) is 0 Å². The Bertz CT molecular complexity index is 470. The second-order valence-corrected chi connectivity index (χ2v) is 6.10. The highest BCUT2D eigenvalue weighted by molar-refractivity contribution is 5.32. The van der Waals surface area contributed by atoms with Crippen molar-refractivity contribution in [3.8, 4) is 5.75 Å². The molecule has 0 spiro atoms. The van der Waals surface area contributed by atoms with Gasteiger partial charge in [0.15, 0.2) is 0 Å². The van der Waals surface area contributed by atoms with Crippen LogP contribution in [0.3, 0.4) is 0 Å². The van der Waals surface area contributed by atoms with Crippen molar-refractivity contribution in [3.05, 3.63) is 35.7 Å². The van der Waals surface area contributed by atoms with Crippen molar-refractivity contribution in [3.63, 3.8) is 0 Å². The first-order valence-electron chi connectivity index (χ1n) is 8.14. The van der Waals surface area contributed by atoms with Crippen LogP contribution >= 0.6 is 0 Å². The van der Waals surface area contributed by atoms with Crippen LogP contribution in [0.2, 0.25) is 0 Å². The molecule has 0 saturated heterocycles. The highest BCUT2D eigenvalue weighted by Gasteiger charge is 2.19. The van der Waals surface area contributed by atoms with E-state index in [2.05, 4.69) is 42.4 Å². The van der Waals surface area contributed by atoms with Gasteiger partial charge >= 0.3 is 0 Å². The summed E-state index contributed by atoms with van der Waals surface area (Å²) in [6.07, 6.45) is 9.97. The largest absolute Gasteiger partial charge is 0.493 e. The normalized spacial score (nSPS) is 21.5.